The predicted octanol–water partition coefficient (Wildman–Crippen LogP) is 13.5. The first-order valence-corrected chi connectivity index (χ1v) is 16.8. The van der Waals surface area contributed by atoms with Crippen LogP contribution in [-0.2, 0) is 0 Å². The van der Waals surface area contributed by atoms with Gasteiger partial charge in [-0.15, -0.1) is 0 Å². The highest BCUT2D eigenvalue weighted by Crippen LogP contribution is 2.45. The number of hydrogen-bond acceptors (Lipinski definition) is 1. The molecule has 0 saturated carbocycles. The zero-order chi connectivity index (χ0) is 37.4. The summed E-state index contributed by atoms with van der Waals surface area (Å²) < 4.78 is 43.7. The van der Waals surface area contributed by atoms with Gasteiger partial charge >= 0.3 is 0 Å². The van der Waals surface area contributed by atoms with Crippen molar-refractivity contribution in [2.24, 2.45) is 0 Å². The number of pyridine rings is 1. The molecule has 0 radical (unpaired) electrons. The minimum Gasteiger partial charge on any atom is -0.248 e. The zero-order valence-electron chi connectivity index (χ0n) is 32.0. The third kappa shape index (κ3) is 4.52. The highest BCUT2D eigenvalue weighted by atomic mass is 14.7. The normalized spacial score (nSPS) is 13.0. The van der Waals surface area contributed by atoms with Gasteiger partial charge in [-0.2, -0.15) is 0 Å². The molecule has 0 atom stereocenters. The molecule has 0 fully saturated rings. The molecule has 10 rings (SSSR count). The van der Waals surface area contributed by atoms with Crippen molar-refractivity contribution in [1.29, 1.82) is 0 Å². The Morgan fingerprint density at radius 2 is 0.960 bits per heavy atom. The lowest BCUT2D eigenvalue weighted by Crippen LogP contribution is -1.95. The van der Waals surface area contributed by atoms with Crippen molar-refractivity contribution in [3.8, 4) is 44.8 Å². The molecule has 0 unspecified atom stereocenters. The number of hydrogen-bond donors (Lipinski definition) is 0. The molecule has 232 valence electrons. The van der Waals surface area contributed by atoms with Crippen LogP contribution >= 0.6 is 0 Å². The Kier molecular flexibility index (Phi) is 5.47. The number of aromatic nitrogens is 1. The lowest BCUT2D eigenvalue weighted by molar-refractivity contribution is 1.34. The van der Waals surface area contributed by atoms with Crippen molar-refractivity contribution < 1.29 is 6.85 Å². The molecule has 0 aliphatic carbocycles. The third-order valence-electron chi connectivity index (χ3n) is 9.93. The molecule has 10 aromatic rings. The van der Waals surface area contributed by atoms with Crippen LogP contribution in [0.3, 0.4) is 0 Å². The molecule has 0 N–H and O–H groups in total. The van der Waals surface area contributed by atoms with Crippen molar-refractivity contribution in [3.05, 3.63) is 188 Å². The van der Waals surface area contributed by atoms with Crippen molar-refractivity contribution in [1.82, 2.24) is 4.98 Å². The van der Waals surface area contributed by atoms with Gasteiger partial charge < -0.3 is 0 Å². The van der Waals surface area contributed by atoms with E-state index < -0.39 is 6.04 Å². The fourth-order valence-corrected chi connectivity index (χ4v) is 7.71. The standard InChI is InChI=1S/C49H31N/c1-3-14-32(15-4-1)35-27-29-42-45(30-35)48(34-17-5-2-6-18-34)40-22-11-12-23-41(40)49(42)47-25-13-24-46(50-47)44-31-43-36-19-8-7-16-33(36)26-28-39(43)37-20-9-10-21-38(37)44/h1-31H/i2D,5D,6D,17D,18D. The van der Waals surface area contributed by atoms with Crippen LogP contribution in [0.5, 0.6) is 0 Å². The first-order chi connectivity index (χ1) is 26.9. The van der Waals surface area contributed by atoms with Crippen LogP contribution in [-0.4, -0.2) is 4.98 Å². The van der Waals surface area contributed by atoms with Gasteiger partial charge in [0.2, 0.25) is 0 Å². The van der Waals surface area contributed by atoms with Crippen LogP contribution in [0.15, 0.2) is 188 Å². The number of nitrogens with zero attached hydrogens (tertiary/aromatic N) is 1. The molecule has 50 heavy (non-hydrogen) atoms. The van der Waals surface area contributed by atoms with Gasteiger partial charge in [0, 0.05) is 11.1 Å². The summed E-state index contributed by atoms with van der Waals surface area (Å²) in [4.78, 5) is 5.45. The van der Waals surface area contributed by atoms with Crippen molar-refractivity contribution in [3.63, 3.8) is 0 Å². The summed E-state index contributed by atoms with van der Waals surface area (Å²) in [6.45, 7) is 0. The lowest BCUT2D eigenvalue weighted by Gasteiger charge is -2.19. The molecule has 0 bridgehead atoms. The van der Waals surface area contributed by atoms with E-state index in [1.807, 2.05) is 48.5 Å². The Morgan fingerprint density at radius 3 is 1.78 bits per heavy atom. The minimum atomic E-state index is -0.413. The summed E-state index contributed by atoms with van der Waals surface area (Å²) >= 11 is 0. The van der Waals surface area contributed by atoms with E-state index >= 15 is 0 Å². The van der Waals surface area contributed by atoms with E-state index in [4.69, 9.17) is 11.8 Å². The van der Waals surface area contributed by atoms with Gasteiger partial charge in [0.25, 0.3) is 0 Å². The largest absolute Gasteiger partial charge is 0.248 e. The Morgan fingerprint density at radius 1 is 0.340 bits per heavy atom. The monoisotopic (exact) mass is 638 g/mol. The maximum absolute atomic E-state index is 9.07. The number of rotatable bonds is 4. The van der Waals surface area contributed by atoms with Gasteiger partial charge in [-0.1, -0.05) is 164 Å². The fourth-order valence-electron chi connectivity index (χ4n) is 7.71. The maximum Gasteiger partial charge on any atom is 0.0722 e. The van der Waals surface area contributed by atoms with Gasteiger partial charge in [0.15, 0.2) is 0 Å². The van der Waals surface area contributed by atoms with Gasteiger partial charge in [0.1, 0.15) is 0 Å². The van der Waals surface area contributed by atoms with Crippen LogP contribution < -0.4 is 0 Å². The van der Waals surface area contributed by atoms with E-state index in [2.05, 4.69) is 109 Å². The van der Waals surface area contributed by atoms with Crippen LogP contribution in [0.1, 0.15) is 6.85 Å². The summed E-state index contributed by atoms with van der Waals surface area (Å²) in [7, 11) is 0. The van der Waals surface area contributed by atoms with E-state index in [9.17, 15) is 0 Å². The second-order valence-electron chi connectivity index (χ2n) is 12.7. The van der Waals surface area contributed by atoms with E-state index in [-0.39, 0.29) is 29.7 Å². The van der Waals surface area contributed by atoms with E-state index in [0.717, 1.165) is 60.6 Å². The average Bonchev–Trinajstić information content (AvgIpc) is 3.24. The molecule has 1 heterocycles. The van der Waals surface area contributed by atoms with Gasteiger partial charge in [-0.05, 0) is 100 Å². The molecule has 0 saturated heterocycles. The topological polar surface area (TPSA) is 12.9 Å². The smallest absolute Gasteiger partial charge is 0.0722 e. The predicted molar refractivity (Wildman–Crippen MR) is 214 cm³/mol. The van der Waals surface area contributed by atoms with Gasteiger partial charge in [0.05, 0.1) is 18.2 Å². The summed E-state index contributed by atoms with van der Waals surface area (Å²) in [5, 5.41) is 10.3. The van der Waals surface area contributed by atoms with Crippen molar-refractivity contribution in [2.75, 3.05) is 0 Å². The molecule has 1 heteroatoms. The molecular formula is C49H31N. The highest BCUT2D eigenvalue weighted by molar-refractivity contribution is 6.23. The maximum atomic E-state index is 9.07. The molecule has 0 spiro atoms. The minimum absolute atomic E-state index is 0.181. The molecule has 1 aromatic heterocycles. The summed E-state index contributed by atoms with van der Waals surface area (Å²) in [5.41, 5.74) is 6.34. The molecule has 9 aromatic carbocycles. The Labute approximate surface area is 297 Å². The highest BCUT2D eigenvalue weighted by Gasteiger charge is 2.19. The Balaban J connectivity index is 1.30. The van der Waals surface area contributed by atoms with Gasteiger partial charge in [-0.3, -0.25) is 0 Å². The Hall–Kier alpha value is -6.57. The second-order valence-corrected chi connectivity index (χ2v) is 12.7. The third-order valence-corrected chi connectivity index (χ3v) is 9.93. The fraction of sp³-hybridized carbons (Fsp3) is 0. The average molecular weight is 639 g/mol. The first-order valence-electron chi connectivity index (χ1n) is 19.3. The number of fused-ring (bicyclic) bond motifs is 7. The second kappa shape index (κ2) is 11.5. The quantitative estimate of drug-likeness (QED) is 0.138. The summed E-state index contributed by atoms with van der Waals surface area (Å²) in [6.07, 6.45) is 0. The van der Waals surface area contributed by atoms with E-state index in [0.29, 0.717) is 5.56 Å². The summed E-state index contributed by atoms with van der Waals surface area (Å²) in [5.74, 6) is 0. The first kappa shape index (κ1) is 23.7. The molecule has 0 amide bonds. The zero-order valence-corrected chi connectivity index (χ0v) is 27.0. The SMILES string of the molecule is [2H]c1c([2H])c([2H])c(-c2c3ccccc3c(-c3cccc(-c4cc5c6ccccc6ccc5c5ccccc45)n3)c3ccc(-c4ccccc4)cc23)c([2H])c1[2H]. The van der Waals surface area contributed by atoms with Crippen LogP contribution in [0.2, 0.25) is 0 Å². The summed E-state index contributed by atoms with van der Waals surface area (Å²) in [6, 6.07) is 52.5. The molecule has 1 nitrogen and oxygen atoms in total. The molecular weight excluding hydrogens is 603 g/mol. The van der Waals surface area contributed by atoms with E-state index in [1.54, 1.807) is 0 Å². The molecule has 0 aliphatic heterocycles. The lowest BCUT2D eigenvalue weighted by atomic mass is 9.86. The van der Waals surface area contributed by atoms with Gasteiger partial charge in [-0.25, -0.2) is 4.98 Å². The van der Waals surface area contributed by atoms with E-state index in [1.165, 1.54) is 26.9 Å². The van der Waals surface area contributed by atoms with Crippen molar-refractivity contribution >= 4 is 53.9 Å². The van der Waals surface area contributed by atoms with Crippen LogP contribution in [0, 0.1) is 0 Å². The number of benzene rings is 9. The van der Waals surface area contributed by atoms with Crippen molar-refractivity contribution in [2.45, 2.75) is 0 Å². The Bertz CT molecular complexity index is 3180. The van der Waals surface area contributed by atoms with Crippen LogP contribution in [0.4, 0.5) is 0 Å². The molecule has 0 aliphatic rings. The van der Waals surface area contributed by atoms with Crippen LogP contribution in [0.25, 0.3) is 98.6 Å².